The van der Waals surface area contributed by atoms with Gasteiger partial charge in [-0.15, -0.1) is 11.3 Å². The fourth-order valence-electron chi connectivity index (χ4n) is 6.12. The Labute approximate surface area is 269 Å². The van der Waals surface area contributed by atoms with Crippen LogP contribution in [0.2, 0.25) is 0 Å². The van der Waals surface area contributed by atoms with Crippen LogP contribution in [0.1, 0.15) is 40.5 Å². The number of rotatable bonds is 8. The number of para-hydroxylation sites is 2. The third kappa shape index (κ3) is 4.66. The van der Waals surface area contributed by atoms with Gasteiger partial charge >= 0.3 is 0 Å². The number of nitrogens with zero attached hydrogens (tertiary/aromatic N) is 4. The molecule has 0 radical (unpaired) electrons. The van der Waals surface area contributed by atoms with Gasteiger partial charge in [-0.05, 0) is 61.0 Å². The molecule has 7 nitrogen and oxygen atoms in total. The molecule has 0 saturated carbocycles. The van der Waals surface area contributed by atoms with Crippen LogP contribution in [0.15, 0.2) is 115 Å². The molecule has 46 heavy (non-hydrogen) atoms. The van der Waals surface area contributed by atoms with Crippen molar-refractivity contribution in [3.8, 4) is 27.5 Å². The molecule has 1 N–H and O–H groups in total. The lowest BCUT2D eigenvalue weighted by Crippen LogP contribution is -2.40. The predicted molar refractivity (Wildman–Crippen MR) is 186 cm³/mol. The molecule has 2 amide bonds. The van der Waals surface area contributed by atoms with E-state index in [0.29, 0.717) is 27.9 Å². The second kappa shape index (κ2) is 11.4. The van der Waals surface area contributed by atoms with Crippen LogP contribution >= 0.6 is 11.3 Å². The Morgan fingerprint density at radius 3 is 2.35 bits per heavy atom. The van der Waals surface area contributed by atoms with Gasteiger partial charge in [0.1, 0.15) is 10.7 Å². The topological polar surface area (TPSA) is 80.1 Å². The Kier molecular flexibility index (Phi) is 6.92. The molecule has 0 aliphatic carbocycles. The van der Waals surface area contributed by atoms with Crippen LogP contribution < -0.4 is 10.2 Å². The highest BCUT2D eigenvalue weighted by molar-refractivity contribution is 7.21. The van der Waals surface area contributed by atoms with E-state index in [-0.39, 0.29) is 11.8 Å². The Hall–Kier alpha value is -5.60. The molecule has 3 heterocycles. The number of fused-ring (bicyclic) bond motifs is 1. The van der Waals surface area contributed by atoms with Gasteiger partial charge in [0.15, 0.2) is 0 Å². The highest BCUT2D eigenvalue weighted by Gasteiger charge is 2.35. The molecule has 0 atom stereocenters. The maximum atomic E-state index is 14.1. The van der Waals surface area contributed by atoms with Crippen LogP contribution in [-0.4, -0.2) is 33.1 Å². The summed E-state index contributed by atoms with van der Waals surface area (Å²) >= 11 is 1.61. The van der Waals surface area contributed by atoms with Crippen molar-refractivity contribution in [1.29, 1.82) is 0 Å². The summed E-state index contributed by atoms with van der Waals surface area (Å²) in [6.45, 7) is 2.98. The van der Waals surface area contributed by atoms with Crippen molar-refractivity contribution in [2.75, 3.05) is 16.8 Å². The van der Waals surface area contributed by atoms with Crippen molar-refractivity contribution in [2.45, 2.75) is 19.8 Å². The first-order valence-corrected chi connectivity index (χ1v) is 16.2. The second-order valence-corrected chi connectivity index (χ2v) is 12.4. The van der Waals surface area contributed by atoms with Crippen LogP contribution in [0.3, 0.4) is 0 Å². The molecule has 2 aromatic heterocycles. The number of unbranched alkanes of at least 4 members (excludes halogenated alkanes) is 1. The standard InChI is InChI=1S/C38H29N5O2S/c1-2-3-21-39-31-20-19-29-34-27(31)15-10-16-28(34)37(44)43(38(29)45)26-14-9-11-24(22-26)35-30(23-42(41-35)25-12-5-4-6-13-25)36-40-32-17-7-8-18-33(32)46-36/h4-20,22-23,39H,2-3,21H2,1H3. The van der Waals surface area contributed by atoms with Crippen molar-refractivity contribution in [3.05, 3.63) is 127 Å². The minimum atomic E-state index is -0.341. The number of benzene rings is 5. The van der Waals surface area contributed by atoms with Gasteiger partial charge in [0.2, 0.25) is 0 Å². The van der Waals surface area contributed by atoms with Gasteiger partial charge in [-0.2, -0.15) is 5.10 Å². The third-order valence-electron chi connectivity index (χ3n) is 8.39. The van der Waals surface area contributed by atoms with E-state index in [1.807, 2.05) is 102 Å². The number of anilines is 2. The fraction of sp³-hybridized carbons (Fsp3) is 0.105. The monoisotopic (exact) mass is 619 g/mol. The number of nitrogens with one attached hydrogen (secondary N) is 1. The summed E-state index contributed by atoms with van der Waals surface area (Å²) in [5.41, 5.74) is 6.66. The molecule has 8 heteroatoms. The fourth-order valence-corrected chi connectivity index (χ4v) is 7.10. The predicted octanol–water partition coefficient (Wildman–Crippen LogP) is 8.98. The summed E-state index contributed by atoms with van der Waals surface area (Å²) in [6, 6.07) is 34.9. The zero-order valence-corrected chi connectivity index (χ0v) is 25.9. The summed E-state index contributed by atoms with van der Waals surface area (Å²) < 4.78 is 2.94. The molecular formula is C38H29N5O2S. The lowest BCUT2D eigenvalue weighted by atomic mass is 9.92. The highest BCUT2D eigenvalue weighted by atomic mass is 32.1. The Bertz CT molecular complexity index is 2230. The summed E-state index contributed by atoms with van der Waals surface area (Å²) in [6.07, 6.45) is 4.11. The molecule has 0 saturated heterocycles. The summed E-state index contributed by atoms with van der Waals surface area (Å²) in [4.78, 5) is 34.4. The minimum Gasteiger partial charge on any atom is -0.385 e. The molecular weight excluding hydrogens is 591 g/mol. The molecule has 7 aromatic rings. The number of imide groups is 1. The number of carbonyl (C=O) groups is 2. The molecule has 5 aromatic carbocycles. The van der Waals surface area contributed by atoms with Crippen LogP contribution in [0.5, 0.6) is 0 Å². The highest BCUT2D eigenvalue weighted by Crippen LogP contribution is 2.40. The molecule has 0 fully saturated rings. The van der Waals surface area contributed by atoms with E-state index >= 15 is 0 Å². The maximum absolute atomic E-state index is 14.1. The summed E-state index contributed by atoms with van der Waals surface area (Å²) in [5.74, 6) is -0.681. The molecule has 1 aliphatic rings. The number of hydrogen-bond donors (Lipinski definition) is 1. The molecule has 224 valence electrons. The zero-order chi connectivity index (χ0) is 31.2. The molecule has 8 rings (SSSR count). The van der Waals surface area contributed by atoms with Crippen molar-refractivity contribution in [1.82, 2.24) is 14.8 Å². The van der Waals surface area contributed by atoms with Crippen molar-refractivity contribution in [3.63, 3.8) is 0 Å². The minimum absolute atomic E-state index is 0.341. The Balaban J connectivity index is 1.22. The number of amides is 2. The number of carbonyl (C=O) groups excluding carboxylic acids is 2. The average molecular weight is 620 g/mol. The Morgan fingerprint density at radius 1 is 0.761 bits per heavy atom. The molecule has 0 spiro atoms. The number of hydrogen-bond acceptors (Lipinski definition) is 6. The van der Waals surface area contributed by atoms with Gasteiger partial charge in [0.05, 0.1) is 27.2 Å². The zero-order valence-electron chi connectivity index (χ0n) is 25.1. The van der Waals surface area contributed by atoms with Crippen molar-refractivity contribution < 1.29 is 9.59 Å². The van der Waals surface area contributed by atoms with E-state index in [4.69, 9.17) is 10.1 Å². The maximum Gasteiger partial charge on any atom is 0.265 e. The molecule has 0 bridgehead atoms. The van der Waals surface area contributed by atoms with Gasteiger partial charge in [-0.25, -0.2) is 14.6 Å². The van der Waals surface area contributed by atoms with Gasteiger partial charge < -0.3 is 5.32 Å². The normalized spacial score (nSPS) is 12.8. The van der Waals surface area contributed by atoms with E-state index in [2.05, 4.69) is 18.3 Å². The van der Waals surface area contributed by atoms with Crippen LogP contribution in [0.25, 0.3) is 48.5 Å². The van der Waals surface area contributed by atoms with E-state index in [1.54, 1.807) is 23.5 Å². The largest absolute Gasteiger partial charge is 0.385 e. The quantitative estimate of drug-likeness (QED) is 0.136. The van der Waals surface area contributed by atoms with Crippen LogP contribution in [0, 0.1) is 0 Å². The van der Waals surface area contributed by atoms with E-state index in [9.17, 15) is 9.59 Å². The van der Waals surface area contributed by atoms with Crippen LogP contribution in [0.4, 0.5) is 11.4 Å². The lowest BCUT2D eigenvalue weighted by Gasteiger charge is -2.28. The summed E-state index contributed by atoms with van der Waals surface area (Å²) in [7, 11) is 0. The van der Waals surface area contributed by atoms with Crippen molar-refractivity contribution >= 4 is 55.5 Å². The number of thiazole rings is 1. The van der Waals surface area contributed by atoms with E-state index in [1.165, 1.54) is 4.90 Å². The van der Waals surface area contributed by atoms with E-state index < -0.39 is 0 Å². The second-order valence-electron chi connectivity index (χ2n) is 11.3. The first kappa shape index (κ1) is 27.9. The van der Waals surface area contributed by atoms with Crippen LogP contribution in [-0.2, 0) is 0 Å². The van der Waals surface area contributed by atoms with Gasteiger partial charge in [0, 0.05) is 45.9 Å². The van der Waals surface area contributed by atoms with Gasteiger partial charge in [-0.3, -0.25) is 9.59 Å². The smallest absolute Gasteiger partial charge is 0.265 e. The Morgan fingerprint density at radius 2 is 1.52 bits per heavy atom. The third-order valence-corrected chi connectivity index (χ3v) is 9.46. The van der Waals surface area contributed by atoms with Crippen molar-refractivity contribution in [2.24, 2.45) is 0 Å². The summed E-state index contributed by atoms with van der Waals surface area (Å²) in [5, 5.41) is 10.9. The van der Waals surface area contributed by atoms with E-state index in [0.717, 1.165) is 62.5 Å². The SMILES string of the molecule is CCCCNc1ccc2c3c(cccc13)C(=O)N(c1cccc(-c3nn(-c4ccccc4)cc3-c3nc4ccccc4s3)c1)C2=O. The molecule has 1 aliphatic heterocycles. The van der Waals surface area contributed by atoms with Gasteiger partial charge in [0.25, 0.3) is 11.8 Å². The number of aromatic nitrogens is 3. The lowest BCUT2D eigenvalue weighted by molar-refractivity contribution is 0.0893. The molecule has 0 unspecified atom stereocenters. The average Bonchev–Trinajstić information content (AvgIpc) is 3.74. The first-order chi connectivity index (χ1) is 22.6. The first-order valence-electron chi connectivity index (χ1n) is 15.4. The van der Waals surface area contributed by atoms with Gasteiger partial charge in [-0.1, -0.05) is 67.9 Å².